The molecule has 3 rings (SSSR count). The Morgan fingerprint density at radius 2 is 1.95 bits per heavy atom. The van der Waals surface area contributed by atoms with Gasteiger partial charge >= 0.3 is 10.1 Å². The van der Waals surface area contributed by atoms with E-state index in [1.807, 2.05) is 0 Å². The number of halogens is 1. The van der Waals surface area contributed by atoms with Crippen LogP contribution in [0.2, 0.25) is 0 Å². The van der Waals surface area contributed by atoms with Gasteiger partial charge in [0.1, 0.15) is 0 Å². The number of nitrogens with one attached hydrogen (secondary N) is 1. The SMILES string of the molecule is Cl.O=S(=O)(O)c1ccc2c(n1)CC(CC1CCCCC1)NC2. The van der Waals surface area contributed by atoms with Crippen LogP contribution in [0.3, 0.4) is 0 Å². The molecule has 0 amide bonds. The van der Waals surface area contributed by atoms with Gasteiger partial charge in [-0.2, -0.15) is 8.42 Å². The van der Waals surface area contributed by atoms with E-state index in [1.54, 1.807) is 6.07 Å². The zero-order valence-electron chi connectivity index (χ0n) is 12.5. The van der Waals surface area contributed by atoms with Crippen molar-refractivity contribution < 1.29 is 13.0 Å². The molecular weight excluding hydrogens is 324 g/mol. The molecule has 0 bridgehead atoms. The average Bonchev–Trinajstić information content (AvgIpc) is 2.46. The first-order valence-corrected chi connectivity index (χ1v) is 9.16. The van der Waals surface area contributed by atoms with Gasteiger partial charge in [-0.1, -0.05) is 38.2 Å². The average molecular weight is 347 g/mol. The van der Waals surface area contributed by atoms with Crippen LogP contribution in [-0.2, 0) is 23.1 Å². The van der Waals surface area contributed by atoms with Gasteiger partial charge in [-0.25, -0.2) is 4.98 Å². The second kappa shape index (κ2) is 7.25. The zero-order chi connectivity index (χ0) is 14.9. The van der Waals surface area contributed by atoms with Gasteiger partial charge in [0.25, 0.3) is 0 Å². The van der Waals surface area contributed by atoms with Crippen molar-refractivity contribution in [2.45, 2.75) is 62.6 Å². The van der Waals surface area contributed by atoms with Crippen LogP contribution in [0.4, 0.5) is 0 Å². The molecule has 1 saturated carbocycles. The molecule has 5 nitrogen and oxygen atoms in total. The minimum atomic E-state index is -4.21. The third kappa shape index (κ3) is 4.19. The number of hydrogen-bond donors (Lipinski definition) is 2. The molecule has 1 aliphatic carbocycles. The maximum Gasteiger partial charge on any atom is 0.312 e. The highest BCUT2D eigenvalue weighted by Gasteiger charge is 2.25. The molecule has 0 radical (unpaired) electrons. The van der Waals surface area contributed by atoms with E-state index in [-0.39, 0.29) is 17.4 Å². The molecule has 1 aromatic heterocycles. The molecule has 1 aromatic rings. The number of fused-ring (bicyclic) bond motifs is 1. The molecule has 2 N–H and O–H groups in total. The van der Waals surface area contributed by atoms with Crippen LogP contribution in [0.15, 0.2) is 17.2 Å². The van der Waals surface area contributed by atoms with Crippen molar-refractivity contribution in [3.8, 4) is 0 Å². The highest BCUT2D eigenvalue weighted by Crippen LogP contribution is 2.29. The van der Waals surface area contributed by atoms with Crippen LogP contribution in [0, 0.1) is 5.92 Å². The topological polar surface area (TPSA) is 79.3 Å². The normalized spacial score (nSPS) is 22.7. The summed E-state index contributed by atoms with van der Waals surface area (Å²) in [5.74, 6) is 0.780. The van der Waals surface area contributed by atoms with Crippen molar-refractivity contribution in [3.63, 3.8) is 0 Å². The molecule has 0 saturated heterocycles. The van der Waals surface area contributed by atoms with Crippen molar-refractivity contribution in [1.82, 2.24) is 10.3 Å². The lowest BCUT2D eigenvalue weighted by atomic mass is 9.83. The molecule has 1 atom stereocenters. The Morgan fingerprint density at radius 3 is 2.64 bits per heavy atom. The van der Waals surface area contributed by atoms with E-state index in [4.69, 9.17) is 4.55 Å². The number of rotatable bonds is 3. The first-order chi connectivity index (χ1) is 10.0. The van der Waals surface area contributed by atoms with Crippen molar-refractivity contribution in [2.75, 3.05) is 0 Å². The molecule has 0 spiro atoms. The van der Waals surface area contributed by atoms with Gasteiger partial charge in [0, 0.05) is 24.7 Å². The summed E-state index contributed by atoms with van der Waals surface area (Å²) < 4.78 is 31.5. The summed E-state index contributed by atoms with van der Waals surface area (Å²) in [5.41, 5.74) is 1.84. The van der Waals surface area contributed by atoms with Crippen molar-refractivity contribution in [1.29, 1.82) is 0 Å². The number of nitrogens with zero attached hydrogens (tertiary/aromatic N) is 1. The van der Waals surface area contributed by atoms with Gasteiger partial charge in [-0.3, -0.25) is 4.55 Å². The van der Waals surface area contributed by atoms with Crippen LogP contribution in [0.1, 0.15) is 49.8 Å². The monoisotopic (exact) mass is 346 g/mol. The smallest absolute Gasteiger partial charge is 0.309 e. The maximum absolute atomic E-state index is 11.2. The Balaban J connectivity index is 0.00000176. The highest BCUT2D eigenvalue weighted by atomic mass is 35.5. The summed E-state index contributed by atoms with van der Waals surface area (Å²) in [5, 5.41) is 3.29. The quantitative estimate of drug-likeness (QED) is 0.823. The first-order valence-electron chi connectivity index (χ1n) is 7.72. The summed E-state index contributed by atoms with van der Waals surface area (Å²) in [4.78, 5) is 4.15. The molecule has 22 heavy (non-hydrogen) atoms. The standard InChI is InChI=1S/C15H22N2O3S.ClH/c18-21(19,20)15-7-6-12-10-16-13(9-14(12)17-15)8-11-4-2-1-3-5-11;/h6-7,11,13,16H,1-5,8-10H2,(H,18,19,20);1H. The molecule has 1 unspecified atom stereocenters. The van der Waals surface area contributed by atoms with E-state index in [2.05, 4.69) is 10.3 Å². The minimum Gasteiger partial charge on any atom is -0.309 e. The van der Waals surface area contributed by atoms with E-state index in [0.29, 0.717) is 6.04 Å². The van der Waals surface area contributed by atoms with Crippen LogP contribution in [-0.4, -0.2) is 24.0 Å². The summed E-state index contributed by atoms with van der Waals surface area (Å²) in [7, 11) is -4.21. The van der Waals surface area contributed by atoms with Crippen LogP contribution in [0.25, 0.3) is 0 Å². The fourth-order valence-corrected chi connectivity index (χ4v) is 4.01. The van der Waals surface area contributed by atoms with Crippen molar-refractivity contribution in [2.24, 2.45) is 5.92 Å². The lowest BCUT2D eigenvalue weighted by Gasteiger charge is -2.30. The van der Waals surface area contributed by atoms with E-state index >= 15 is 0 Å². The Bertz CT molecular complexity index is 615. The van der Waals surface area contributed by atoms with Gasteiger partial charge in [-0.15, -0.1) is 12.4 Å². The Morgan fingerprint density at radius 1 is 1.23 bits per heavy atom. The molecule has 7 heteroatoms. The minimum absolute atomic E-state index is 0. The lowest BCUT2D eigenvalue weighted by molar-refractivity contribution is 0.289. The Hall–Kier alpha value is -0.690. The van der Waals surface area contributed by atoms with E-state index in [9.17, 15) is 8.42 Å². The van der Waals surface area contributed by atoms with Gasteiger partial charge in [-0.05, 0) is 24.0 Å². The number of hydrogen-bond acceptors (Lipinski definition) is 4. The van der Waals surface area contributed by atoms with Gasteiger partial charge in [0.2, 0.25) is 0 Å². The Labute approximate surface area is 138 Å². The summed E-state index contributed by atoms with van der Waals surface area (Å²) in [6, 6.07) is 3.48. The molecule has 2 aliphatic rings. The largest absolute Gasteiger partial charge is 0.312 e. The third-order valence-electron chi connectivity index (χ3n) is 4.67. The maximum atomic E-state index is 11.2. The summed E-state index contributed by atoms with van der Waals surface area (Å²) >= 11 is 0. The molecule has 1 fully saturated rings. The number of pyridine rings is 1. The predicted molar refractivity (Wildman–Crippen MR) is 86.8 cm³/mol. The number of aromatic nitrogens is 1. The highest BCUT2D eigenvalue weighted by molar-refractivity contribution is 7.85. The predicted octanol–water partition coefficient (Wildman–Crippen LogP) is 2.73. The molecule has 0 aromatic carbocycles. The van der Waals surface area contributed by atoms with E-state index in [1.165, 1.54) is 38.2 Å². The van der Waals surface area contributed by atoms with Gasteiger partial charge < -0.3 is 5.32 Å². The summed E-state index contributed by atoms with van der Waals surface area (Å²) in [6.07, 6.45) is 8.52. The lowest BCUT2D eigenvalue weighted by Crippen LogP contribution is -2.38. The van der Waals surface area contributed by atoms with E-state index < -0.39 is 10.1 Å². The molecular formula is C15H23ClN2O3S. The molecule has 1 aliphatic heterocycles. The fourth-order valence-electron chi connectivity index (χ4n) is 3.54. The zero-order valence-corrected chi connectivity index (χ0v) is 14.1. The van der Waals surface area contributed by atoms with Gasteiger partial charge in [0.15, 0.2) is 5.03 Å². The fraction of sp³-hybridized carbons (Fsp3) is 0.667. The van der Waals surface area contributed by atoms with Crippen molar-refractivity contribution in [3.05, 3.63) is 23.4 Å². The first kappa shape index (κ1) is 17.7. The summed E-state index contributed by atoms with van der Waals surface area (Å²) in [6.45, 7) is 0.728. The third-order valence-corrected chi connectivity index (χ3v) is 5.43. The second-order valence-corrected chi connectivity index (χ2v) is 7.62. The molecule has 124 valence electrons. The van der Waals surface area contributed by atoms with E-state index in [0.717, 1.165) is 36.6 Å². The van der Waals surface area contributed by atoms with Gasteiger partial charge in [0.05, 0.1) is 0 Å². The van der Waals surface area contributed by atoms with Crippen molar-refractivity contribution >= 4 is 22.5 Å². The van der Waals surface area contributed by atoms with Crippen LogP contribution >= 0.6 is 12.4 Å². The Kier molecular flexibility index (Phi) is 5.82. The second-order valence-electron chi connectivity index (χ2n) is 6.25. The van der Waals surface area contributed by atoms with Crippen LogP contribution in [0.5, 0.6) is 0 Å². The van der Waals surface area contributed by atoms with Crippen LogP contribution < -0.4 is 5.32 Å². The molecule has 2 heterocycles.